The van der Waals surface area contributed by atoms with Crippen molar-refractivity contribution in [1.82, 2.24) is 9.78 Å². The number of hydrogen-bond acceptors (Lipinski definition) is 4. The van der Waals surface area contributed by atoms with Crippen molar-refractivity contribution in [2.75, 3.05) is 14.2 Å². The van der Waals surface area contributed by atoms with Crippen molar-refractivity contribution in [2.45, 2.75) is 6.54 Å². The van der Waals surface area contributed by atoms with E-state index in [1.165, 1.54) is 6.08 Å². The number of para-hydroxylation sites is 1. The van der Waals surface area contributed by atoms with E-state index >= 15 is 0 Å². The Hall–Kier alpha value is -3.05. The molecule has 0 saturated carbocycles. The predicted molar refractivity (Wildman–Crippen MR) is 106 cm³/mol. The van der Waals surface area contributed by atoms with Crippen molar-refractivity contribution in [3.63, 3.8) is 0 Å². The Morgan fingerprint density at radius 3 is 2.63 bits per heavy atom. The van der Waals surface area contributed by atoms with Gasteiger partial charge in [-0.1, -0.05) is 35.9 Å². The van der Waals surface area contributed by atoms with Crippen LogP contribution in [0.3, 0.4) is 0 Å². The summed E-state index contributed by atoms with van der Waals surface area (Å²) in [4.78, 5) is 12.5. The molecular formula is C21H19ClN2O3. The summed E-state index contributed by atoms with van der Waals surface area (Å²) in [5.74, 6) is 1.18. The summed E-state index contributed by atoms with van der Waals surface area (Å²) in [6.07, 6.45) is 6.64. The van der Waals surface area contributed by atoms with Gasteiger partial charge in [-0.15, -0.1) is 0 Å². The molecule has 27 heavy (non-hydrogen) atoms. The van der Waals surface area contributed by atoms with Crippen LogP contribution in [0.15, 0.2) is 60.9 Å². The minimum atomic E-state index is -0.122. The van der Waals surface area contributed by atoms with Crippen LogP contribution in [-0.2, 0) is 6.54 Å². The lowest BCUT2D eigenvalue weighted by molar-refractivity contribution is 0.104. The Morgan fingerprint density at radius 1 is 1.15 bits per heavy atom. The minimum Gasteiger partial charge on any atom is -0.496 e. The molecule has 0 amide bonds. The van der Waals surface area contributed by atoms with E-state index in [0.29, 0.717) is 22.9 Å². The maximum absolute atomic E-state index is 12.5. The summed E-state index contributed by atoms with van der Waals surface area (Å²) < 4.78 is 12.4. The highest BCUT2D eigenvalue weighted by Gasteiger charge is 2.09. The molecule has 3 rings (SSSR count). The van der Waals surface area contributed by atoms with E-state index in [-0.39, 0.29) is 5.78 Å². The minimum absolute atomic E-state index is 0.122. The predicted octanol–water partition coefficient (Wildman–Crippen LogP) is 4.50. The van der Waals surface area contributed by atoms with Gasteiger partial charge in [0.1, 0.15) is 11.5 Å². The van der Waals surface area contributed by atoms with Gasteiger partial charge in [0.2, 0.25) is 0 Å². The van der Waals surface area contributed by atoms with Crippen LogP contribution in [0.25, 0.3) is 6.08 Å². The van der Waals surface area contributed by atoms with Crippen molar-refractivity contribution in [2.24, 2.45) is 0 Å². The van der Waals surface area contributed by atoms with Gasteiger partial charge >= 0.3 is 0 Å². The molecule has 0 N–H and O–H groups in total. The number of carbonyl (C=O) groups excluding carboxylic acids is 1. The van der Waals surface area contributed by atoms with Crippen LogP contribution in [0.5, 0.6) is 11.5 Å². The molecule has 2 aromatic carbocycles. The number of rotatable bonds is 7. The number of nitrogens with zero attached hydrogens (tertiary/aromatic N) is 2. The quantitative estimate of drug-likeness (QED) is 0.446. The molecule has 0 aliphatic carbocycles. The van der Waals surface area contributed by atoms with Crippen LogP contribution in [-0.4, -0.2) is 29.8 Å². The number of methoxy groups -OCH3 is 2. The zero-order valence-corrected chi connectivity index (χ0v) is 15.8. The first-order valence-electron chi connectivity index (χ1n) is 8.31. The van der Waals surface area contributed by atoms with Crippen molar-refractivity contribution < 1.29 is 14.3 Å². The van der Waals surface area contributed by atoms with Crippen LogP contribution >= 0.6 is 11.6 Å². The van der Waals surface area contributed by atoms with E-state index in [4.69, 9.17) is 21.1 Å². The van der Waals surface area contributed by atoms with E-state index in [1.807, 2.05) is 30.3 Å². The summed E-state index contributed by atoms with van der Waals surface area (Å²) in [6.45, 7) is 0.512. The van der Waals surface area contributed by atoms with Crippen LogP contribution < -0.4 is 9.47 Å². The lowest BCUT2D eigenvalue weighted by atomic mass is 10.1. The fourth-order valence-corrected chi connectivity index (χ4v) is 2.89. The molecule has 0 radical (unpaired) electrons. The lowest BCUT2D eigenvalue weighted by Gasteiger charge is -2.10. The average molecular weight is 383 g/mol. The zero-order valence-electron chi connectivity index (χ0n) is 15.1. The standard InChI is InChI=1S/C21H19ClN2O3/c1-26-20-10-8-15(11-16(20)13-24-14-17(22)12-23-24)7-9-19(25)18-5-3-4-6-21(18)27-2/h3-12,14H,13H2,1-2H3/b9-7+. The number of aromatic nitrogens is 2. The number of halogens is 1. The number of allylic oxidation sites excluding steroid dienone is 1. The molecule has 6 heteroatoms. The largest absolute Gasteiger partial charge is 0.496 e. The fraction of sp³-hybridized carbons (Fsp3) is 0.143. The molecule has 0 spiro atoms. The molecule has 0 bridgehead atoms. The molecule has 138 valence electrons. The van der Waals surface area contributed by atoms with E-state index in [2.05, 4.69) is 5.10 Å². The normalized spacial score (nSPS) is 10.9. The van der Waals surface area contributed by atoms with Crippen molar-refractivity contribution in [1.29, 1.82) is 0 Å². The first-order valence-corrected chi connectivity index (χ1v) is 8.69. The monoisotopic (exact) mass is 382 g/mol. The van der Waals surface area contributed by atoms with E-state index in [9.17, 15) is 4.79 Å². The van der Waals surface area contributed by atoms with Gasteiger partial charge < -0.3 is 9.47 Å². The molecule has 0 fully saturated rings. The average Bonchev–Trinajstić information content (AvgIpc) is 3.10. The van der Waals surface area contributed by atoms with Gasteiger partial charge in [0.25, 0.3) is 0 Å². The number of ketones is 1. The van der Waals surface area contributed by atoms with Crippen molar-refractivity contribution in [3.05, 3.63) is 82.6 Å². The summed E-state index contributed by atoms with van der Waals surface area (Å²) in [5.41, 5.74) is 2.34. The van der Waals surface area contributed by atoms with E-state index < -0.39 is 0 Å². The Balaban J connectivity index is 1.83. The summed E-state index contributed by atoms with van der Waals surface area (Å²) in [6, 6.07) is 12.9. The second-order valence-corrected chi connectivity index (χ2v) is 6.26. The highest BCUT2D eigenvalue weighted by molar-refractivity contribution is 6.30. The van der Waals surface area contributed by atoms with Crippen LogP contribution in [0.1, 0.15) is 21.5 Å². The first-order chi connectivity index (χ1) is 13.1. The molecule has 0 aliphatic heterocycles. The van der Waals surface area contributed by atoms with Gasteiger partial charge in [0.05, 0.1) is 37.5 Å². The topological polar surface area (TPSA) is 53.4 Å². The molecule has 0 saturated heterocycles. The van der Waals surface area contributed by atoms with Crippen molar-refractivity contribution in [3.8, 4) is 11.5 Å². The Morgan fingerprint density at radius 2 is 1.93 bits per heavy atom. The number of hydrogen-bond donors (Lipinski definition) is 0. The number of ether oxygens (including phenoxy) is 2. The summed E-state index contributed by atoms with van der Waals surface area (Å²) in [7, 11) is 3.17. The van der Waals surface area contributed by atoms with Gasteiger partial charge in [0.15, 0.2) is 5.78 Å². The van der Waals surface area contributed by atoms with Crippen LogP contribution in [0.2, 0.25) is 5.02 Å². The van der Waals surface area contributed by atoms with Crippen LogP contribution in [0.4, 0.5) is 0 Å². The molecular weight excluding hydrogens is 364 g/mol. The second kappa shape index (κ2) is 8.56. The van der Waals surface area contributed by atoms with Gasteiger partial charge in [0, 0.05) is 11.8 Å². The van der Waals surface area contributed by atoms with Crippen LogP contribution in [0, 0.1) is 0 Å². The summed E-state index contributed by atoms with van der Waals surface area (Å²) in [5, 5.41) is 4.77. The Kier molecular flexibility index (Phi) is 5.94. The molecule has 1 aromatic heterocycles. The smallest absolute Gasteiger partial charge is 0.189 e. The summed E-state index contributed by atoms with van der Waals surface area (Å²) >= 11 is 5.93. The maximum Gasteiger partial charge on any atom is 0.189 e. The number of benzene rings is 2. The Labute approximate surface area is 162 Å². The third-order valence-electron chi connectivity index (χ3n) is 4.04. The lowest BCUT2D eigenvalue weighted by Crippen LogP contribution is -2.02. The van der Waals surface area contributed by atoms with Gasteiger partial charge in [-0.05, 0) is 35.9 Å². The third-order valence-corrected chi connectivity index (χ3v) is 4.23. The van der Waals surface area contributed by atoms with Gasteiger partial charge in [-0.2, -0.15) is 5.10 Å². The molecule has 0 aliphatic rings. The molecule has 0 unspecified atom stereocenters. The van der Waals surface area contributed by atoms with E-state index in [0.717, 1.165) is 16.9 Å². The molecule has 1 heterocycles. The molecule has 5 nitrogen and oxygen atoms in total. The number of carbonyl (C=O) groups is 1. The SMILES string of the molecule is COc1ccc(/C=C/C(=O)c2ccccc2OC)cc1Cn1cc(Cl)cn1. The zero-order chi connectivity index (χ0) is 19.2. The highest BCUT2D eigenvalue weighted by atomic mass is 35.5. The fourth-order valence-electron chi connectivity index (χ4n) is 2.73. The van der Waals surface area contributed by atoms with Gasteiger partial charge in [-0.25, -0.2) is 0 Å². The second-order valence-electron chi connectivity index (χ2n) is 5.83. The maximum atomic E-state index is 12.5. The van der Waals surface area contributed by atoms with Crippen molar-refractivity contribution >= 4 is 23.5 Å². The molecule has 0 atom stereocenters. The van der Waals surface area contributed by atoms with Gasteiger partial charge in [-0.3, -0.25) is 9.48 Å². The first kappa shape index (κ1) is 18.7. The highest BCUT2D eigenvalue weighted by Crippen LogP contribution is 2.23. The Bertz CT molecular complexity index is 979. The molecule has 3 aromatic rings. The third kappa shape index (κ3) is 4.57. The van der Waals surface area contributed by atoms with E-state index in [1.54, 1.807) is 49.5 Å².